The first-order chi connectivity index (χ1) is 9.19. The molecule has 1 aromatic carbocycles. The maximum atomic E-state index is 10.8. The van der Waals surface area contributed by atoms with E-state index in [2.05, 4.69) is 21.1 Å². The van der Waals surface area contributed by atoms with Crippen molar-refractivity contribution in [1.29, 1.82) is 0 Å². The number of nitrogen functional groups attached to an aromatic ring is 1. The SMILES string of the molecule is NNc1cc(NCCn2ccnn2)cc([N+](=O)[O-])c1. The molecule has 0 saturated heterocycles. The van der Waals surface area contributed by atoms with Crippen LogP contribution in [0, 0.1) is 10.1 Å². The largest absolute Gasteiger partial charge is 0.383 e. The normalized spacial score (nSPS) is 10.2. The average Bonchev–Trinajstić information content (AvgIpc) is 2.91. The summed E-state index contributed by atoms with van der Waals surface area (Å²) in [5.41, 5.74) is 3.45. The Kier molecular flexibility index (Phi) is 3.88. The summed E-state index contributed by atoms with van der Waals surface area (Å²) < 4.78 is 1.66. The lowest BCUT2D eigenvalue weighted by Crippen LogP contribution is -2.12. The molecule has 0 fully saturated rings. The van der Waals surface area contributed by atoms with Crippen molar-refractivity contribution in [3.8, 4) is 0 Å². The minimum Gasteiger partial charge on any atom is -0.383 e. The molecule has 100 valence electrons. The number of hydrazine groups is 1. The summed E-state index contributed by atoms with van der Waals surface area (Å²) >= 11 is 0. The van der Waals surface area contributed by atoms with Crippen LogP contribution < -0.4 is 16.6 Å². The molecule has 0 amide bonds. The fourth-order valence-electron chi connectivity index (χ4n) is 1.57. The molecule has 1 aromatic heterocycles. The summed E-state index contributed by atoms with van der Waals surface area (Å²) in [5.74, 6) is 5.27. The van der Waals surface area contributed by atoms with Gasteiger partial charge in [-0.05, 0) is 6.07 Å². The maximum absolute atomic E-state index is 10.8. The number of hydrogen-bond donors (Lipinski definition) is 3. The van der Waals surface area contributed by atoms with Crippen LogP contribution in [-0.4, -0.2) is 26.5 Å². The second-order valence-corrected chi connectivity index (χ2v) is 3.76. The predicted molar refractivity (Wildman–Crippen MR) is 69.4 cm³/mol. The number of non-ortho nitro benzene ring substituents is 1. The molecular weight excluding hydrogens is 250 g/mol. The molecular formula is C10H13N7O2. The van der Waals surface area contributed by atoms with Gasteiger partial charge in [0.25, 0.3) is 5.69 Å². The van der Waals surface area contributed by atoms with Crippen LogP contribution in [0.15, 0.2) is 30.6 Å². The number of nitrogens with one attached hydrogen (secondary N) is 2. The standard InChI is InChI=1S/C10H13N7O2/c11-14-9-5-8(6-10(7-9)17(18)19)12-1-3-16-4-2-13-15-16/h2,4-7,12,14H,1,3,11H2. The Morgan fingerprint density at radius 3 is 2.79 bits per heavy atom. The maximum Gasteiger partial charge on any atom is 0.273 e. The molecule has 0 radical (unpaired) electrons. The number of aromatic nitrogens is 3. The van der Waals surface area contributed by atoms with Gasteiger partial charge in [-0.2, -0.15) is 0 Å². The van der Waals surface area contributed by atoms with E-state index in [4.69, 9.17) is 5.84 Å². The monoisotopic (exact) mass is 263 g/mol. The van der Waals surface area contributed by atoms with Crippen molar-refractivity contribution in [2.24, 2.45) is 5.84 Å². The van der Waals surface area contributed by atoms with E-state index in [9.17, 15) is 10.1 Å². The molecule has 9 heteroatoms. The fraction of sp³-hybridized carbons (Fsp3) is 0.200. The number of nitrogens with two attached hydrogens (primary N) is 1. The van der Waals surface area contributed by atoms with Crippen molar-refractivity contribution in [1.82, 2.24) is 15.0 Å². The third-order valence-electron chi connectivity index (χ3n) is 2.44. The Morgan fingerprint density at radius 1 is 1.37 bits per heavy atom. The Hall–Kier alpha value is -2.68. The summed E-state index contributed by atoms with van der Waals surface area (Å²) in [6.45, 7) is 1.17. The molecule has 0 saturated carbocycles. The number of hydrogen-bond acceptors (Lipinski definition) is 7. The van der Waals surface area contributed by atoms with Crippen LogP contribution in [0.3, 0.4) is 0 Å². The van der Waals surface area contributed by atoms with Gasteiger partial charge in [0.2, 0.25) is 0 Å². The molecule has 19 heavy (non-hydrogen) atoms. The molecule has 0 spiro atoms. The van der Waals surface area contributed by atoms with E-state index in [1.54, 1.807) is 23.1 Å². The highest BCUT2D eigenvalue weighted by Crippen LogP contribution is 2.23. The molecule has 2 rings (SSSR count). The second kappa shape index (κ2) is 5.78. The van der Waals surface area contributed by atoms with Crippen molar-refractivity contribution in [2.45, 2.75) is 6.54 Å². The average molecular weight is 263 g/mol. The first-order valence-electron chi connectivity index (χ1n) is 5.53. The Labute approximate surface area is 108 Å². The topological polar surface area (TPSA) is 124 Å². The summed E-state index contributed by atoms with van der Waals surface area (Å²) in [5, 5.41) is 21.3. The highest BCUT2D eigenvalue weighted by molar-refractivity contribution is 5.63. The van der Waals surface area contributed by atoms with Crippen LogP contribution in [0.1, 0.15) is 0 Å². The van der Waals surface area contributed by atoms with Gasteiger partial charge in [-0.3, -0.25) is 20.6 Å². The minimum atomic E-state index is -0.469. The van der Waals surface area contributed by atoms with Crippen LogP contribution in [0.2, 0.25) is 0 Å². The first kappa shape index (κ1) is 12.8. The molecule has 0 bridgehead atoms. The Bertz CT molecular complexity index is 555. The van der Waals surface area contributed by atoms with Crippen molar-refractivity contribution < 1.29 is 4.92 Å². The molecule has 0 atom stereocenters. The van der Waals surface area contributed by atoms with Gasteiger partial charge in [-0.25, -0.2) is 0 Å². The minimum absolute atomic E-state index is 0.0290. The quantitative estimate of drug-likeness (QED) is 0.395. The van der Waals surface area contributed by atoms with Gasteiger partial charge in [0.05, 0.1) is 23.4 Å². The van der Waals surface area contributed by atoms with Crippen LogP contribution in [-0.2, 0) is 6.54 Å². The van der Waals surface area contributed by atoms with E-state index >= 15 is 0 Å². The lowest BCUT2D eigenvalue weighted by molar-refractivity contribution is -0.384. The molecule has 0 unspecified atom stereocenters. The predicted octanol–water partition coefficient (Wildman–Crippen LogP) is 0.584. The lowest BCUT2D eigenvalue weighted by Gasteiger charge is -2.08. The van der Waals surface area contributed by atoms with Gasteiger partial charge in [0.15, 0.2) is 0 Å². The zero-order valence-corrected chi connectivity index (χ0v) is 9.98. The number of benzene rings is 1. The Morgan fingerprint density at radius 2 is 2.16 bits per heavy atom. The third kappa shape index (κ3) is 3.39. The van der Waals surface area contributed by atoms with Gasteiger partial charge in [-0.15, -0.1) is 5.10 Å². The zero-order chi connectivity index (χ0) is 13.7. The number of anilines is 2. The number of nitrogens with zero attached hydrogens (tertiary/aromatic N) is 4. The van der Waals surface area contributed by atoms with Crippen LogP contribution in [0.5, 0.6) is 0 Å². The molecule has 4 N–H and O–H groups in total. The van der Waals surface area contributed by atoms with Crippen molar-refractivity contribution in [3.05, 3.63) is 40.7 Å². The van der Waals surface area contributed by atoms with E-state index in [-0.39, 0.29) is 5.69 Å². The summed E-state index contributed by atoms with van der Waals surface area (Å²) in [6, 6.07) is 4.50. The summed E-state index contributed by atoms with van der Waals surface area (Å²) in [6.07, 6.45) is 3.33. The van der Waals surface area contributed by atoms with Gasteiger partial charge in [-0.1, -0.05) is 5.21 Å². The molecule has 0 aliphatic rings. The molecule has 0 aliphatic carbocycles. The molecule has 9 nitrogen and oxygen atoms in total. The molecule has 1 heterocycles. The van der Waals surface area contributed by atoms with E-state index in [0.717, 1.165) is 0 Å². The third-order valence-corrected chi connectivity index (χ3v) is 2.44. The van der Waals surface area contributed by atoms with Crippen molar-refractivity contribution in [2.75, 3.05) is 17.3 Å². The molecule has 0 aliphatic heterocycles. The molecule has 2 aromatic rings. The van der Waals surface area contributed by atoms with E-state index < -0.39 is 4.92 Å². The lowest BCUT2D eigenvalue weighted by atomic mass is 10.2. The highest BCUT2D eigenvalue weighted by atomic mass is 16.6. The smallest absolute Gasteiger partial charge is 0.273 e. The zero-order valence-electron chi connectivity index (χ0n) is 9.98. The van der Waals surface area contributed by atoms with Crippen LogP contribution in [0.4, 0.5) is 17.1 Å². The fourth-order valence-corrected chi connectivity index (χ4v) is 1.57. The van der Waals surface area contributed by atoms with Crippen LogP contribution >= 0.6 is 0 Å². The highest BCUT2D eigenvalue weighted by Gasteiger charge is 2.09. The number of rotatable bonds is 6. The van der Waals surface area contributed by atoms with E-state index in [0.29, 0.717) is 24.5 Å². The van der Waals surface area contributed by atoms with Gasteiger partial charge in [0.1, 0.15) is 0 Å². The van der Waals surface area contributed by atoms with Crippen molar-refractivity contribution >= 4 is 17.1 Å². The van der Waals surface area contributed by atoms with E-state index in [1.165, 1.54) is 12.1 Å². The number of nitro benzene ring substituents is 1. The van der Waals surface area contributed by atoms with E-state index in [1.807, 2.05) is 0 Å². The summed E-state index contributed by atoms with van der Waals surface area (Å²) in [4.78, 5) is 10.3. The first-order valence-corrected chi connectivity index (χ1v) is 5.53. The second-order valence-electron chi connectivity index (χ2n) is 3.76. The van der Waals surface area contributed by atoms with Gasteiger partial charge in [0, 0.05) is 30.6 Å². The van der Waals surface area contributed by atoms with Gasteiger partial charge < -0.3 is 10.7 Å². The Balaban J connectivity index is 2.02. The summed E-state index contributed by atoms with van der Waals surface area (Å²) in [7, 11) is 0. The van der Waals surface area contributed by atoms with Crippen molar-refractivity contribution in [3.63, 3.8) is 0 Å². The van der Waals surface area contributed by atoms with Gasteiger partial charge >= 0.3 is 0 Å². The number of nitro groups is 1. The van der Waals surface area contributed by atoms with Crippen LogP contribution in [0.25, 0.3) is 0 Å².